The van der Waals surface area contributed by atoms with E-state index < -0.39 is 53.9 Å². The molecule has 12 heteroatoms. The maximum atomic E-state index is 13.1. The predicted molar refractivity (Wildman–Crippen MR) is 102 cm³/mol. The highest BCUT2D eigenvalue weighted by atomic mass is 19.1. The third-order valence-electron chi connectivity index (χ3n) is 4.67. The van der Waals surface area contributed by atoms with Crippen LogP contribution in [0, 0.1) is 5.82 Å². The number of carboxylic acid groups (broad SMARTS) is 1. The Morgan fingerprint density at radius 1 is 1.29 bits per heavy atom. The first-order valence-corrected chi connectivity index (χ1v) is 9.25. The molecule has 1 aliphatic rings. The molecule has 2 heterocycles. The van der Waals surface area contributed by atoms with Gasteiger partial charge in [0.25, 0.3) is 0 Å². The third kappa shape index (κ3) is 5.23. The number of nitrogens with zero attached hydrogens (tertiary/aromatic N) is 3. The maximum Gasteiger partial charge on any atom is 0.370 e. The van der Waals surface area contributed by atoms with Crippen molar-refractivity contribution in [3.05, 3.63) is 48.1 Å². The number of nitrogens with one attached hydrogen (secondary N) is 1. The SMILES string of the molecule is CC(=O)N[C@H]1[C@H]([C@H](O)[C@H](O)Cn2cc(-c3ccc(F)cc3)nn2)OC(C(=O)O)=C[C@@H]1O. The molecule has 3 rings (SSSR count). The number of aromatic nitrogens is 3. The topological polar surface area (TPSA) is 167 Å². The van der Waals surface area contributed by atoms with E-state index >= 15 is 0 Å². The lowest BCUT2D eigenvalue weighted by atomic mass is 9.93. The van der Waals surface area contributed by atoms with Crippen molar-refractivity contribution in [2.24, 2.45) is 0 Å². The van der Waals surface area contributed by atoms with Crippen LogP contribution in [0.4, 0.5) is 4.39 Å². The lowest BCUT2D eigenvalue weighted by molar-refractivity contribution is -0.148. The van der Waals surface area contributed by atoms with Crippen molar-refractivity contribution in [3.63, 3.8) is 0 Å². The van der Waals surface area contributed by atoms with E-state index in [1.54, 1.807) is 0 Å². The molecule has 0 radical (unpaired) electrons. The number of aliphatic carboxylic acids is 1. The van der Waals surface area contributed by atoms with E-state index in [0.29, 0.717) is 11.3 Å². The Balaban J connectivity index is 1.75. The predicted octanol–water partition coefficient (Wildman–Crippen LogP) is -0.961. The minimum absolute atomic E-state index is 0.260. The lowest BCUT2D eigenvalue weighted by Gasteiger charge is -2.38. The molecule has 0 saturated carbocycles. The molecule has 166 valence electrons. The fraction of sp³-hybridized carbons (Fsp3) is 0.368. The van der Waals surface area contributed by atoms with Gasteiger partial charge >= 0.3 is 5.97 Å². The fourth-order valence-electron chi connectivity index (χ4n) is 3.18. The maximum absolute atomic E-state index is 13.1. The number of aliphatic hydroxyl groups excluding tert-OH is 3. The largest absolute Gasteiger partial charge is 0.478 e. The second-order valence-corrected chi connectivity index (χ2v) is 7.03. The molecule has 0 spiro atoms. The van der Waals surface area contributed by atoms with E-state index in [2.05, 4.69) is 15.6 Å². The first-order chi connectivity index (χ1) is 14.7. The number of benzene rings is 1. The van der Waals surface area contributed by atoms with E-state index in [1.807, 2.05) is 0 Å². The fourth-order valence-corrected chi connectivity index (χ4v) is 3.18. The monoisotopic (exact) mass is 436 g/mol. The summed E-state index contributed by atoms with van der Waals surface area (Å²) in [6.07, 6.45) is -3.78. The van der Waals surface area contributed by atoms with Gasteiger partial charge in [-0.1, -0.05) is 5.21 Å². The molecule has 0 unspecified atom stereocenters. The summed E-state index contributed by atoms with van der Waals surface area (Å²) >= 11 is 0. The number of carboxylic acids is 1. The van der Waals surface area contributed by atoms with Crippen LogP contribution in [0.1, 0.15) is 6.92 Å². The van der Waals surface area contributed by atoms with Crippen LogP contribution in [-0.2, 0) is 20.9 Å². The zero-order valence-corrected chi connectivity index (χ0v) is 16.3. The van der Waals surface area contributed by atoms with Gasteiger partial charge in [-0.3, -0.25) is 4.79 Å². The Morgan fingerprint density at radius 3 is 2.58 bits per heavy atom. The van der Waals surface area contributed by atoms with Crippen LogP contribution in [-0.4, -0.2) is 77.8 Å². The van der Waals surface area contributed by atoms with Gasteiger partial charge in [-0.15, -0.1) is 5.10 Å². The van der Waals surface area contributed by atoms with E-state index in [4.69, 9.17) is 9.84 Å². The van der Waals surface area contributed by atoms with Crippen molar-refractivity contribution in [2.45, 2.75) is 43.9 Å². The molecule has 0 aliphatic carbocycles. The average Bonchev–Trinajstić information content (AvgIpc) is 3.17. The summed E-state index contributed by atoms with van der Waals surface area (Å²) in [5.41, 5.74) is 0.988. The Morgan fingerprint density at radius 2 is 1.97 bits per heavy atom. The van der Waals surface area contributed by atoms with Crippen LogP contribution < -0.4 is 5.32 Å². The van der Waals surface area contributed by atoms with Crippen LogP contribution >= 0.6 is 0 Å². The molecule has 2 aromatic rings. The quantitative estimate of drug-likeness (QED) is 0.367. The normalized spacial score (nSPS) is 22.7. The van der Waals surface area contributed by atoms with Gasteiger partial charge in [0.2, 0.25) is 11.7 Å². The number of halogens is 1. The van der Waals surface area contributed by atoms with Gasteiger partial charge in [-0.25, -0.2) is 13.9 Å². The van der Waals surface area contributed by atoms with Gasteiger partial charge in [0.15, 0.2) is 6.10 Å². The number of hydrogen-bond acceptors (Lipinski definition) is 8. The van der Waals surface area contributed by atoms with Crippen molar-refractivity contribution in [1.29, 1.82) is 0 Å². The summed E-state index contributed by atoms with van der Waals surface area (Å²) in [6, 6.07) is 4.33. The number of carbonyl (C=O) groups is 2. The standard InChI is InChI=1S/C19H21FN4O7/c1-9(25)21-16-13(26)6-15(19(29)30)31-18(16)17(28)14(27)8-24-7-12(22-23-24)10-2-4-11(20)5-3-10/h2-7,13-14,16-18,26-28H,8H2,1H3,(H,21,25)(H,29,30)/t13-,14+,16+,17+,18+/m0/s1. The molecular weight excluding hydrogens is 415 g/mol. The molecule has 31 heavy (non-hydrogen) atoms. The van der Waals surface area contributed by atoms with Crippen molar-refractivity contribution >= 4 is 11.9 Å². The van der Waals surface area contributed by atoms with E-state index in [-0.39, 0.29) is 6.54 Å². The van der Waals surface area contributed by atoms with E-state index in [0.717, 1.165) is 6.08 Å². The molecule has 5 N–H and O–H groups in total. The minimum atomic E-state index is -1.70. The van der Waals surface area contributed by atoms with Crippen molar-refractivity contribution in [3.8, 4) is 11.3 Å². The molecule has 0 saturated heterocycles. The van der Waals surface area contributed by atoms with Crippen LogP contribution in [0.3, 0.4) is 0 Å². The first kappa shape index (κ1) is 22.3. The second kappa shape index (κ2) is 9.20. The minimum Gasteiger partial charge on any atom is -0.478 e. The highest BCUT2D eigenvalue weighted by Crippen LogP contribution is 2.24. The summed E-state index contributed by atoms with van der Waals surface area (Å²) < 4.78 is 19.5. The van der Waals surface area contributed by atoms with Gasteiger partial charge < -0.3 is 30.5 Å². The Kier molecular flexibility index (Phi) is 6.63. The number of amides is 1. The summed E-state index contributed by atoms with van der Waals surface area (Å²) in [6.45, 7) is 0.916. The van der Waals surface area contributed by atoms with Crippen molar-refractivity contribution in [2.75, 3.05) is 0 Å². The zero-order chi connectivity index (χ0) is 22.7. The molecule has 1 aromatic carbocycles. The number of carbonyl (C=O) groups excluding carboxylic acids is 1. The Labute approximate surface area is 175 Å². The highest BCUT2D eigenvalue weighted by molar-refractivity contribution is 5.84. The molecule has 0 bridgehead atoms. The van der Waals surface area contributed by atoms with Crippen molar-refractivity contribution in [1.82, 2.24) is 20.3 Å². The van der Waals surface area contributed by atoms with Gasteiger partial charge in [0.1, 0.15) is 29.8 Å². The van der Waals surface area contributed by atoms with E-state index in [9.17, 15) is 29.3 Å². The number of rotatable bonds is 7. The molecular formula is C19H21FN4O7. The second-order valence-electron chi connectivity index (χ2n) is 7.03. The van der Waals surface area contributed by atoms with Crippen LogP contribution in [0.25, 0.3) is 11.3 Å². The Bertz CT molecular complexity index is 978. The molecule has 11 nitrogen and oxygen atoms in total. The van der Waals surface area contributed by atoms with Gasteiger partial charge in [-0.05, 0) is 30.3 Å². The molecule has 0 fully saturated rings. The first-order valence-electron chi connectivity index (χ1n) is 9.25. The van der Waals surface area contributed by atoms with Crippen LogP contribution in [0.2, 0.25) is 0 Å². The highest BCUT2D eigenvalue weighted by Gasteiger charge is 2.43. The summed E-state index contributed by atoms with van der Waals surface area (Å²) in [5.74, 6) is -3.06. The molecule has 5 atom stereocenters. The lowest BCUT2D eigenvalue weighted by Crippen LogP contribution is -2.59. The number of aliphatic hydroxyl groups is 3. The third-order valence-corrected chi connectivity index (χ3v) is 4.67. The van der Waals surface area contributed by atoms with Crippen molar-refractivity contribution < 1.29 is 39.1 Å². The summed E-state index contributed by atoms with van der Waals surface area (Å²) in [5, 5.41) is 50.6. The Hall–Kier alpha value is -3.35. The summed E-state index contributed by atoms with van der Waals surface area (Å²) in [4.78, 5) is 22.7. The van der Waals surface area contributed by atoms with Gasteiger partial charge in [0.05, 0.1) is 18.8 Å². The zero-order valence-electron chi connectivity index (χ0n) is 16.3. The van der Waals surface area contributed by atoms with Gasteiger partial charge in [-0.2, -0.15) is 0 Å². The van der Waals surface area contributed by atoms with Crippen LogP contribution in [0.15, 0.2) is 42.3 Å². The van der Waals surface area contributed by atoms with Gasteiger partial charge in [0, 0.05) is 12.5 Å². The smallest absolute Gasteiger partial charge is 0.370 e. The molecule has 1 aliphatic heterocycles. The van der Waals surface area contributed by atoms with E-state index in [1.165, 1.54) is 42.1 Å². The molecule has 1 amide bonds. The van der Waals surface area contributed by atoms with Crippen LogP contribution in [0.5, 0.6) is 0 Å². The molecule has 1 aromatic heterocycles. The summed E-state index contributed by atoms with van der Waals surface area (Å²) in [7, 11) is 0. The average molecular weight is 436 g/mol. The number of ether oxygens (including phenoxy) is 1. The number of hydrogen-bond donors (Lipinski definition) is 5.